The normalized spacial score (nSPS) is 13.9. The number of unbranched alkanes of at least 4 members (excludes halogenated alkanes) is 23. The van der Waals surface area contributed by atoms with Crippen LogP contribution in [-0.2, 0) is 32.7 Å². The van der Waals surface area contributed by atoms with E-state index in [4.69, 9.17) is 18.5 Å². The van der Waals surface area contributed by atoms with Crippen molar-refractivity contribution in [2.75, 3.05) is 47.5 Å². The molecule has 0 aliphatic rings. The van der Waals surface area contributed by atoms with E-state index >= 15 is 0 Å². The number of ether oxygens (including phenoxy) is 2. The number of rotatable bonds is 47. The molecule has 0 radical (unpaired) electrons. The van der Waals surface area contributed by atoms with Gasteiger partial charge in [-0.25, -0.2) is 0 Å². The molecule has 0 saturated heterocycles. The number of carbonyl (C=O) groups is 2. The highest BCUT2D eigenvalue weighted by Gasteiger charge is 2.21. The number of phosphoric ester groups is 1. The van der Waals surface area contributed by atoms with Gasteiger partial charge in [-0.15, -0.1) is 0 Å². The van der Waals surface area contributed by atoms with E-state index in [0.717, 1.165) is 70.6 Å². The first-order valence-corrected chi connectivity index (χ1v) is 27.5. The molecule has 0 amide bonds. The number of quaternary nitrogens is 1. The van der Waals surface area contributed by atoms with E-state index in [-0.39, 0.29) is 26.1 Å². The van der Waals surface area contributed by atoms with E-state index in [0.29, 0.717) is 23.9 Å². The van der Waals surface area contributed by atoms with Gasteiger partial charge >= 0.3 is 11.9 Å². The summed E-state index contributed by atoms with van der Waals surface area (Å²) in [6, 6.07) is 0. The summed E-state index contributed by atoms with van der Waals surface area (Å²) in [6.07, 6.45) is 56.8. The largest absolute Gasteiger partial charge is 0.756 e. The molecule has 0 aromatic heterocycles. The van der Waals surface area contributed by atoms with Gasteiger partial charge in [0.1, 0.15) is 19.8 Å². The number of phosphoric acid groups is 1. The lowest BCUT2D eigenvalue weighted by atomic mass is 10.0. The van der Waals surface area contributed by atoms with Gasteiger partial charge in [0.05, 0.1) is 27.7 Å². The molecule has 1 unspecified atom stereocenters. The third kappa shape index (κ3) is 49.2. The van der Waals surface area contributed by atoms with Crippen LogP contribution in [0.2, 0.25) is 0 Å². The number of hydrogen-bond acceptors (Lipinski definition) is 8. The van der Waals surface area contributed by atoms with Crippen LogP contribution in [0.15, 0.2) is 60.8 Å². The third-order valence-electron chi connectivity index (χ3n) is 11.1. The van der Waals surface area contributed by atoms with Crippen LogP contribution in [0.3, 0.4) is 0 Å². The molecule has 0 heterocycles. The maximum atomic E-state index is 12.8. The van der Waals surface area contributed by atoms with E-state index in [2.05, 4.69) is 74.6 Å². The SMILES string of the molecule is CC/C=C/C/C=C/C/C=C/C/C=C/C/C=C/CCCCCC(=O)OC[C@H](COP(=O)([O-])OCC[N+](C)(C)C)OC(=O)CCCCCCCCCCCCCCCCCCCCCCC. The average molecular weight is 920 g/mol. The van der Waals surface area contributed by atoms with Crippen LogP contribution in [0.25, 0.3) is 0 Å². The number of hydrogen-bond donors (Lipinski definition) is 0. The van der Waals surface area contributed by atoms with Crippen molar-refractivity contribution in [2.45, 2.75) is 225 Å². The molecular formula is C54H98NO8P. The molecule has 0 aliphatic heterocycles. The van der Waals surface area contributed by atoms with E-state index < -0.39 is 32.5 Å². The van der Waals surface area contributed by atoms with Gasteiger partial charge in [-0.1, -0.05) is 209 Å². The summed E-state index contributed by atoms with van der Waals surface area (Å²) in [7, 11) is 1.15. The Labute approximate surface area is 394 Å². The molecular weight excluding hydrogens is 822 g/mol. The van der Waals surface area contributed by atoms with E-state index in [1.165, 1.54) is 109 Å². The summed E-state index contributed by atoms with van der Waals surface area (Å²) < 4.78 is 34.0. The van der Waals surface area contributed by atoms with Crippen molar-refractivity contribution >= 4 is 19.8 Å². The van der Waals surface area contributed by atoms with Crippen LogP contribution >= 0.6 is 7.82 Å². The number of nitrogens with zero attached hydrogens (tertiary/aromatic N) is 1. The summed E-state index contributed by atoms with van der Waals surface area (Å²) in [5.74, 6) is -0.867. The second-order valence-electron chi connectivity index (χ2n) is 18.5. The monoisotopic (exact) mass is 920 g/mol. The molecule has 0 saturated carbocycles. The lowest BCUT2D eigenvalue weighted by Gasteiger charge is -2.28. The Bertz CT molecular complexity index is 1270. The van der Waals surface area contributed by atoms with E-state index in [1.54, 1.807) is 0 Å². The van der Waals surface area contributed by atoms with Crippen LogP contribution in [0.4, 0.5) is 0 Å². The Hall–Kier alpha value is -2.29. The van der Waals surface area contributed by atoms with E-state index in [9.17, 15) is 19.0 Å². The van der Waals surface area contributed by atoms with Crippen molar-refractivity contribution in [1.29, 1.82) is 0 Å². The minimum atomic E-state index is -4.64. The van der Waals surface area contributed by atoms with Crippen LogP contribution < -0.4 is 4.89 Å². The Morgan fingerprint density at radius 2 is 0.891 bits per heavy atom. The minimum Gasteiger partial charge on any atom is -0.756 e. The maximum absolute atomic E-state index is 12.8. The summed E-state index contributed by atoms with van der Waals surface area (Å²) in [4.78, 5) is 37.7. The van der Waals surface area contributed by atoms with Gasteiger partial charge in [-0.05, 0) is 57.8 Å². The zero-order valence-corrected chi connectivity index (χ0v) is 42.9. The fourth-order valence-corrected chi connectivity index (χ4v) is 7.76. The fraction of sp³-hybridized carbons (Fsp3) is 0.778. The highest BCUT2D eigenvalue weighted by Crippen LogP contribution is 2.38. The molecule has 0 aromatic rings. The molecule has 0 N–H and O–H groups in total. The zero-order valence-electron chi connectivity index (χ0n) is 42.0. The lowest BCUT2D eigenvalue weighted by Crippen LogP contribution is -2.37. The predicted octanol–water partition coefficient (Wildman–Crippen LogP) is 15.0. The molecule has 2 atom stereocenters. The van der Waals surface area contributed by atoms with Crippen LogP contribution in [0.1, 0.15) is 219 Å². The van der Waals surface area contributed by atoms with Crippen molar-refractivity contribution in [2.24, 2.45) is 0 Å². The second kappa shape index (κ2) is 45.8. The van der Waals surface area contributed by atoms with Crippen LogP contribution in [0.5, 0.6) is 0 Å². The Balaban J connectivity index is 4.29. The Morgan fingerprint density at radius 1 is 0.500 bits per heavy atom. The molecule has 372 valence electrons. The predicted molar refractivity (Wildman–Crippen MR) is 268 cm³/mol. The topological polar surface area (TPSA) is 111 Å². The number of likely N-dealkylation sites (N-methyl/N-ethyl adjacent to an activating group) is 1. The highest BCUT2D eigenvalue weighted by molar-refractivity contribution is 7.45. The average Bonchev–Trinajstić information content (AvgIpc) is 3.25. The molecule has 10 heteroatoms. The number of carbonyl (C=O) groups excluding carboxylic acids is 2. The molecule has 0 aliphatic carbocycles. The molecule has 64 heavy (non-hydrogen) atoms. The highest BCUT2D eigenvalue weighted by atomic mass is 31.2. The lowest BCUT2D eigenvalue weighted by molar-refractivity contribution is -0.870. The van der Waals surface area contributed by atoms with Crippen molar-refractivity contribution in [3.05, 3.63) is 60.8 Å². The minimum absolute atomic E-state index is 0.0374. The van der Waals surface area contributed by atoms with Gasteiger partial charge < -0.3 is 27.9 Å². The summed E-state index contributed by atoms with van der Waals surface area (Å²) in [5.41, 5.74) is 0. The molecule has 0 rings (SSSR count). The van der Waals surface area contributed by atoms with Crippen molar-refractivity contribution in [3.63, 3.8) is 0 Å². The van der Waals surface area contributed by atoms with Crippen molar-refractivity contribution in [3.8, 4) is 0 Å². The fourth-order valence-electron chi connectivity index (χ4n) is 7.04. The van der Waals surface area contributed by atoms with E-state index in [1.807, 2.05) is 21.1 Å². The van der Waals surface area contributed by atoms with Gasteiger partial charge in [-0.3, -0.25) is 14.2 Å². The van der Waals surface area contributed by atoms with Crippen LogP contribution in [-0.4, -0.2) is 70.0 Å². The third-order valence-corrected chi connectivity index (χ3v) is 12.0. The van der Waals surface area contributed by atoms with Crippen LogP contribution in [0, 0.1) is 0 Å². The first kappa shape index (κ1) is 61.7. The van der Waals surface area contributed by atoms with Crippen molar-refractivity contribution in [1.82, 2.24) is 0 Å². The smallest absolute Gasteiger partial charge is 0.306 e. The summed E-state index contributed by atoms with van der Waals surface area (Å²) in [5, 5.41) is 0. The summed E-state index contributed by atoms with van der Waals surface area (Å²) >= 11 is 0. The zero-order chi connectivity index (χ0) is 47.1. The van der Waals surface area contributed by atoms with Gasteiger partial charge in [0, 0.05) is 12.8 Å². The standard InChI is InChI=1S/C54H98NO8P/c1-6-8-10-12-14-16-18-20-22-24-26-27-29-31-33-35-37-39-41-43-45-47-54(57)63-52(51-62-64(58,59)61-49-48-55(3,4)5)50-60-53(56)46-44-42-40-38-36-34-32-30-28-25-23-21-19-17-15-13-11-9-7-2/h9,11,15,17,21,23,28,30,34,36,52H,6-8,10,12-14,16,18-20,22,24-27,29,31-33,35,37-51H2,1-5H3/b11-9+,17-15+,23-21+,30-28+,36-34+/t52-/m1/s1. The number of esters is 2. The van der Waals surface area contributed by atoms with Gasteiger partial charge in [-0.2, -0.15) is 0 Å². The van der Waals surface area contributed by atoms with Gasteiger partial charge in [0.2, 0.25) is 0 Å². The molecule has 0 bridgehead atoms. The molecule has 0 aromatic carbocycles. The van der Waals surface area contributed by atoms with Gasteiger partial charge in [0.15, 0.2) is 6.10 Å². The quantitative estimate of drug-likeness (QED) is 0.0195. The molecule has 9 nitrogen and oxygen atoms in total. The summed E-state index contributed by atoms with van der Waals surface area (Å²) in [6.45, 7) is 4.10. The van der Waals surface area contributed by atoms with Gasteiger partial charge in [0.25, 0.3) is 7.82 Å². The second-order valence-corrected chi connectivity index (χ2v) is 19.9. The molecule has 0 fully saturated rings. The Morgan fingerprint density at radius 3 is 1.33 bits per heavy atom. The number of allylic oxidation sites excluding steroid dienone is 10. The Kier molecular flexibility index (Phi) is 44.2. The first-order valence-electron chi connectivity index (χ1n) is 26.0. The first-order chi connectivity index (χ1) is 31.0. The van der Waals surface area contributed by atoms with Crippen molar-refractivity contribution < 1.29 is 42.1 Å². The molecule has 0 spiro atoms. The maximum Gasteiger partial charge on any atom is 0.306 e.